The van der Waals surface area contributed by atoms with Crippen molar-refractivity contribution in [1.82, 2.24) is 4.98 Å². The Hall–Kier alpha value is -2.13. The van der Waals surface area contributed by atoms with Gasteiger partial charge in [-0.2, -0.15) is 22.0 Å². The van der Waals surface area contributed by atoms with Gasteiger partial charge in [0.1, 0.15) is 11.4 Å². The average molecular weight is 285 g/mol. The van der Waals surface area contributed by atoms with Crippen LogP contribution in [0.25, 0.3) is 0 Å². The highest BCUT2D eigenvalue weighted by Gasteiger charge is 2.58. The lowest BCUT2D eigenvalue weighted by molar-refractivity contribution is -0.290. The molecule has 1 heterocycles. The van der Waals surface area contributed by atoms with Crippen molar-refractivity contribution in [3.05, 3.63) is 24.0 Å². The number of alkyl halides is 5. The molecule has 0 radical (unpaired) electrons. The lowest BCUT2D eigenvalue weighted by Gasteiger charge is -2.19. The summed E-state index contributed by atoms with van der Waals surface area (Å²) in [5.74, 6) is -5.74. The second kappa shape index (κ2) is 5.24. The molecule has 106 valence electrons. The van der Waals surface area contributed by atoms with Crippen molar-refractivity contribution in [2.75, 3.05) is 6.61 Å². The van der Waals surface area contributed by atoms with E-state index in [1.165, 1.54) is 0 Å². The molecule has 1 rings (SSSR count). The molecule has 10 heteroatoms. The number of nitrogens with two attached hydrogens (primary N) is 1. The van der Waals surface area contributed by atoms with Gasteiger partial charge in [-0.25, -0.2) is 0 Å². The normalized spacial score (nSPS) is 13.4. The molecule has 1 aromatic rings. The van der Waals surface area contributed by atoms with E-state index in [0.29, 0.717) is 0 Å². The minimum absolute atomic E-state index is 0.129. The van der Waals surface area contributed by atoms with Gasteiger partial charge in [0.25, 0.3) is 0 Å². The molecule has 0 saturated heterocycles. The van der Waals surface area contributed by atoms with Crippen molar-refractivity contribution >= 4 is 5.84 Å². The van der Waals surface area contributed by atoms with Gasteiger partial charge in [-0.3, -0.25) is 4.98 Å². The van der Waals surface area contributed by atoms with E-state index in [1.807, 2.05) is 0 Å². The Morgan fingerprint density at radius 2 is 2.00 bits per heavy atom. The van der Waals surface area contributed by atoms with Crippen LogP contribution in [0.15, 0.2) is 23.5 Å². The molecule has 0 fully saturated rings. The van der Waals surface area contributed by atoms with Gasteiger partial charge < -0.3 is 15.7 Å². The van der Waals surface area contributed by atoms with Gasteiger partial charge in [-0.1, -0.05) is 5.16 Å². The fraction of sp³-hybridized carbons (Fsp3) is 0.333. The van der Waals surface area contributed by atoms with Crippen LogP contribution in [-0.4, -0.2) is 34.7 Å². The molecule has 0 aliphatic heterocycles. The standard InChI is InChI=1S/C9H8F5N3O2/c10-8(11,9(12,13)14)4-19-5-1-2-16-6(3-5)7(15)17-18/h1-3,18H,4H2,(H2,15,17). The summed E-state index contributed by atoms with van der Waals surface area (Å²) in [6, 6.07) is 2.02. The van der Waals surface area contributed by atoms with Crippen LogP contribution in [0.5, 0.6) is 5.75 Å². The van der Waals surface area contributed by atoms with Crippen molar-refractivity contribution in [3.63, 3.8) is 0 Å². The summed E-state index contributed by atoms with van der Waals surface area (Å²) in [5.41, 5.74) is 5.04. The van der Waals surface area contributed by atoms with E-state index in [4.69, 9.17) is 10.9 Å². The minimum atomic E-state index is -5.70. The third kappa shape index (κ3) is 3.66. The van der Waals surface area contributed by atoms with Gasteiger partial charge >= 0.3 is 12.1 Å². The summed E-state index contributed by atoms with van der Waals surface area (Å²) in [6.45, 7) is -1.88. The number of oxime groups is 1. The molecule has 0 aliphatic carbocycles. The smallest absolute Gasteiger partial charge is 0.456 e. The average Bonchev–Trinajstić information content (AvgIpc) is 2.34. The molecule has 0 spiro atoms. The van der Waals surface area contributed by atoms with Crippen molar-refractivity contribution in [1.29, 1.82) is 0 Å². The maximum atomic E-state index is 12.6. The van der Waals surface area contributed by atoms with Crippen LogP contribution in [0.4, 0.5) is 22.0 Å². The third-order valence-corrected chi connectivity index (χ3v) is 1.94. The Bertz CT molecular complexity index is 475. The second-order valence-corrected chi connectivity index (χ2v) is 3.35. The van der Waals surface area contributed by atoms with Crippen LogP contribution in [0, 0.1) is 0 Å². The van der Waals surface area contributed by atoms with E-state index in [1.54, 1.807) is 0 Å². The number of hydrogen-bond donors (Lipinski definition) is 2. The van der Waals surface area contributed by atoms with Crippen molar-refractivity contribution < 1.29 is 31.9 Å². The lowest BCUT2D eigenvalue weighted by Crippen LogP contribution is -2.41. The first-order valence-electron chi connectivity index (χ1n) is 4.68. The fourth-order valence-corrected chi connectivity index (χ4v) is 0.948. The molecule has 3 N–H and O–H groups in total. The first-order valence-corrected chi connectivity index (χ1v) is 4.68. The van der Waals surface area contributed by atoms with Crippen LogP contribution in [0.2, 0.25) is 0 Å². The van der Waals surface area contributed by atoms with E-state index in [0.717, 1.165) is 18.3 Å². The number of pyridine rings is 1. The van der Waals surface area contributed by atoms with Gasteiger partial charge in [0.15, 0.2) is 12.4 Å². The molecule has 0 aromatic carbocycles. The highest BCUT2D eigenvalue weighted by molar-refractivity contribution is 5.95. The molecule has 5 nitrogen and oxygen atoms in total. The summed E-state index contributed by atoms with van der Waals surface area (Å²) in [7, 11) is 0. The number of aromatic nitrogens is 1. The summed E-state index contributed by atoms with van der Waals surface area (Å²) in [4.78, 5) is 3.60. The maximum Gasteiger partial charge on any atom is 0.456 e. The Balaban J connectivity index is 2.80. The molecule has 19 heavy (non-hydrogen) atoms. The van der Waals surface area contributed by atoms with Gasteiger partial charge in [0.05, 0.1) is 0 Å². The summed E-state index contributed by atoms with van der Waals surface area (Å²) in [6.07, 6.45) is -4.65. The first kappa shape index (κ1) is 14.9. The van der Waals surface area contributed by atoms with E-state index < -0.39 is 24.5 Å². The molecular weight excluding hydrogens is 277 g/mol. The summed E-state index contributed by atoms with van der Waals surface area (Å²) >= 11 is 0. The quantitative estimate of drug-likeness (QED) is 0.290. The highest BCUT2D eigenvalue weighted by atomic mass is 19.4. The predicted octanol–water partition coefficient (Wildman–Crippen LogP) is 1.75. The van der Waals surface area contributed by atoms with E-state index in [-0.39, 0.29) is 11.4 Å². The van der Waals surface area contributed by atoms with Crippen LogP contribution in [0.1, 0.15) is 5.69 Å². The minimum Gasteiger partial charge on any atom is -0.487 e. The van der Waals surface area contributed by atoms with E-state index >= 15 is 0 Å². The number of amidine groups is 1. The fourth-order valence-electron chi connectivity index (χ4n) is 0.948. The Morgan fingerprint density at radius 3 is 2.53 bits per heavy atom. The molecule has 0 saturated carbocycles. The molecule has 0 atom stereocenters. The van der Waals surface area contributed by atoms with E-state index in [2.05, 4.69) is 14.9 Å². The van der Waals surface area contributed by atoms with Crippen molar-refractivity contribution in [3.8, 4) is 5.75 Å². The number of nitrogens with zero attached hydrogens (tertiary/aromatic N) is 2. The van der Waals surface area contributed by atoms with Gasteiger partial charge in [0.2, 0.25) is 0 Å². The zero-order valence-corrected chi connectivity index (χ0v) is 9.16. The zero-order valence-electron chi connectivity index (χ0n) is 9.16. The number of hydrogen-bond acceptors (Lipinski definition) is 4. The molecule has 0 aliphatic rings. The second-order valence-electron chi connectivity index (χ2n) is 3.35. The lowest BCUT2D eigenvalue weighted by atomic mass is 10.3. The maximum absolute atomic E-state index is 12.6. The molecule has 1 aromatic heterocycles. The number of rotatable bonds is 4. The summed E-state index contributed by atoms with van der Waals surface area (Å²) in [5, 5.41) is 11.0. The monoisotopic (exact) mass is 285 g/mol. The van der Waals surface area contributed by atoms with E-state index in [9.17, 15) is 22.0 Å². The Morgan fingerprint density at radius 1 is 1.37 bits per heavy atom. The SMILES string of the molecule is N/C(=N\O)c1cc(OCC(F)(F)C(F)(F)F)ccn1. The Kier molecular flexibility index (Phi) is 4.12. The third-order valence-electron chi connectivity index (χ3n) is 1.94. The van der Waals surface area contributed by atoms with Crippen molar-refractivity contribution in [2.24, 2.45) is 10.9 Å². The molecule has 0 bridgehead atoms. The Labute approximate surface area is 103 Å². The zero-order chi connectivity index (χ0) is 14.7. The van der Waals surface area contributed by atoms with Gasteiger partial charge in [-0.15, -0.1) is 0 Å². The van der Waals surface area contributed by atoms with Gasteiger partial charge in [0, 0.05) is 12.3 Å². The van der Waals surface area contributed by atoms with Crippen LogP contribution in [0.3, 0.4) is 0 Å². The number of halogens is 5. The van der Waals surface area contributed by atoms with Gasteiger partial charge in [-0.05, 0) is 6.07 Å². The summed E-state index contributed by atoms with van der Waals surface area (Å²) < 4.78 is 65.2. The molecular formula is C9H8F5N3O2. The first-order chi connectivity index (χ1) is 8.67. The van der Waals surface area contributed by atoms with Crippen LogP contribution < -0.4 is 10.5 Å². The van der Waals surface area contributed by atoms with Crippen LogP contribution >= 0.6 is 0 Å². The number of ether oxygens (including phenoxy) is 1. The predicted molar refractivity (Wildman–Crippen MR) is 53.2 cm³/mol. The van der Waals surface area contributed by atoms with Crippen LogP contribution in [-0.2, 0) is 0 Å². The highest BCUT2D eigenvalue weighted by Crippen LogP contribution is 2.35. The van der Waals surface area contributed by atoms with Crippen molar-refractivity contribution in [2.45, 2.75) is 12.1 Å². The topological polar surface area (TPSA) is 80.7 Å². The molecule has 0 unspecified atom stereocenters. The molecule has 0 amide bonds. The largest absolute Gasteiger partial charge is 0.487 e.